The second-order valence-electron chi connectivity index (χ2n) is 3.06. The Balaban J connectivity index is 0.000000284. The summed E-state index contributed by atoms with van der Waals surface area (Å²) in [7, 11) is 0. The van der Waals surface area contributed by atoms with Crippen molar-refractivity contribution in [3.8, 4) is 0 Å². The maximum atomic E-state index is 3.98. The highest BCUT2D eigenvalue weighted by Gasteiger charge is 1.95. The zero-order valence-corrected chi connectivity index (χ0v) is 10.6. The van der Waals surface area contributed by atoms with Gasteiger partial charge in [0.15, 0.2) is 6.20 Å². The number of hydrogen-bond acceptors (Lipinski definition) is 2. The lowest BCUT2D eigenvalue weighted by Gasteiger charge is -1.84. The summed E-state index contributed by atoms with van der Waals surface area (Å²) in [6.07, 6.45) is 12.1. The van der Waals surface area contributed by atoms with Crippen molar-refractivity contribution >= 4 is 18.6 Å². The van der Waals surface area contributed by atoms with Gasteiger partial charge in [-0.2, -0.15) is 0 Å². The Labute approximate surface area is 108 Å². The second kappa shape index (κ2) is 9.48. The fourth-order valence-electron chi connectivity index (χ4n) is 1.08. The van der Waals surface area contributed by atoms with Gasteiger partial charge < -0.3 is 12.4 Å². The molecule has 0 aromatic carbocycles. The number of rotatable bonds is 2. The third-order valence-corrected chi connectivity index (χ3v) is 1.82. The molecular weight excluding hydrogens is 234 g/mol. The average Bonchev–Trinajstić information content (AvgIpc) is 2.84. The molecule has 90 valence electrons. The second-order valence-corrected chi connectivity index (χ2v) is 3.06. The van der Waals surface area contributed by atoms with E-state index in [1.165, 1.54) is 0 Å². The molecule has 4 heteroatoms. The van der Waals surface area contributed by atoms with E-state index in [1.54, 1.807) is 24.8 Å². The molecule has 0 saturated heterocycles. The molecule has 1 aliphatic heterocycles. The first-order valence-electron chi connectivity index (χ1n) is 5.21. The van der Waals surface area contributed by atoms with Crippen LogP contribution < -0.4 is 12.4 Å². The van der Waals surface area contributed by atoms with E-state index in [-0.39, 0.29) is 12.4 Å². The van der Waals surface area contributed by atoms with Crippen LogP contribution in [0.2, 0.25) is 0 Å². The molecule has 0 fully saturated rings. The summed E-state index contributed by atoms with van der Waals surface area (Å²) in [6.45, 7) is 5.67. The Bertz CT molecular complexity index is 394. The van der Waals surface area contributed by atoms with E-state index in [9.17, 15) is 0 Å². The van der Waals surface area contributed by atoms with Gasteiger partial charge in [-0.25, -0.2) is 4.58 Å². The molecule has 2 rings (SSSR count). The number of pyridine rings is 1. The van der Waals surface area contributed by atoms with Crippen LogP contribution in [0.1, 0.15) is 19.0 Å². The standard InChI is InChI=1S/C7H7N.C6H9N2.ClH/c1-2-7-5-3-4-6-8-7;1-2-4-8-5-3-7-6-8;/h2-6H,1H2;3-6H,2H2,1H3;1H/q;+1;/p-1. The number of nitrogens with zero attached hydrogens (tertiary/aromatic N) is 3. The Hall–Kier alpha value is -1.74. The van der Waals surface area contributed by atoms with Crippen molar-refractivity contribution in [2.45, 2.75) is 13.3 Å². The molecule has 1 aromatic rings. The monoisotopic (exact) mass is 249 g/mol. The largest absolute Gasteiger partial charge is 1.00 e. The maximum Gasteiger partial charge on any atom is 0.290 e. The van der Waals surface area contributed by atoms with Gasteiger partial charge >= 0.3 is 0 Å². The van der Waals surface area contributed by atoms with E-state index in [4.69, 9.17) is 0 Å². The van der Waals surface area contributed by atoms with Crippen LogP contribution in [0.15, 0.2) is 48.4 Å². The lowest BCUT2D eigenvalue weighted by Crippen LogP contribution is -3.00. The van der Waals surface area contributed by atoms with Gasteiger partial charge in [0.2, 0.25) is 0 Å². The molecule has 2 heterocycles. The molecular formula is C13H16ClN3. The van der Waals surface area contributed by atoms with Crippen LogP contribution in [0.3, 0.4) is 0 Å². The van der Waals surface area contributed by atoms with E-state index in [0.29, 0.717) is 0 Å². The van der Waals surface area contributed by atoms with E-state index in [1.807, 2.05) is 29.0 Å². The fourth-order valence-corrected chi connectivity index (χ4v) is 1.08. The number of halogens is 1. The van der Waals surface area contributed by atoms with Crippen LogP contribution in [0, 0.1) is 0 Å². The topological polar surface area (TPSA) is 28.3 Å². The van der Waals surface area contributed by atoms with E-state index < -0.39 is 0 Å². The number of aromatic nitrogens is 1. The Morgan fingerprint density at radius 1 is 1.41 bits per heavy atom. The smallest absolute Gasteiger partial charge is 0.290 e. The van der Waals surface area contributed by atoms with Crippen molar-refractivity contribution in [1.82, 2.24) is 4.98 Å². The van der Waals surface area contributed by atoms with Crippen LogP contribution in [-0.2, 0) is 0 Å². The first kappa shape index (κ1) is 15.3. The first-order chi connectivity index (χ1) is 7.86. The van der Waals surface area contributed by atoms with Crippen LogP contribution in [0.4, 0.5) is 0 Å². The molecule has 0 spiro atoms. The summed E-state index contributed by atoms with van der Waals surface area (Å²) < 4.78 is 1.94. The molecule has 0 radical (unpaired) electrons. The normalized spacial score (nSPS) is 13.8. The third kappa shape index (κ3) is 6.43. The SMILES string of the molecule is C=Cc1ccccn1.CCC=[N+]1C=CN=C1.[Cl-]. The maximum absolute atomic E-state index is 3.98. The van der Waals surface area contributed by atoms with Gasteiger partial charge in [0.05, 0.1) is 11.9 Å². The molecule has 0 amide bonds. The van der Waals surface area contributed by atoms with Gasteiger partial charge in [0.25, 0.3) is 6.34 Å². The van der Waals surface area contributed by atoms with Crippen LogP contribution in [0.25, 0.3) is 6.08 Å². The molecule has 3 nitrogen and oxygen atoms in total. The van der Waals surface area contributed by atoms with E-state index in [2.05, 4.69) is 29.7 Å². The molecule has 0 bridgehead atoms. The molecule has 0 saturated carbocycles. The van der Waals surface area contributed by atoms with Crippen LogP contribution in [-0.4, -0.2) is 22.1 Å². The van der Waals surface area contributed by atoms with Gasteiger partial charge in [0, 0.05) is 6.20 Å². The molecule has 1 aromatic heterocycles. The number of hydrogen-bond donors (Lipinski definition) is 0. The zero-order valence-electron chi connectivity index (χ0n) is 9.83. The van der Waals surface area contributed by atoms with Crippen molar-refractivity contribution in [3.05, 3.63) is 49.1 Å². The summed E-state index contributed by atoms with van der Waals surface area (Å²) in [5, 5.41) is 0. The van der Waals surface area contributed by atoms with Gasteiger partial charge in [-0.15, -0.1) is 0 Å². The Morgan fingerprint density at radius 3 is 2.65 bits per heavy atom. The highest BCUT2D eigenvalue weighted by Crippen LogP contribution is 1.91. The molecule has 0 N–H and O–H groups in total. The van der Waals surface area contributed by atoms with Gasteiger partial charge in [-0.1, -0.05) is 24.6 Å². The van der Waals surface area contributed by atoms with Crippen molar-refractivity contribution in [1.29, 1.82) is 0 Å². The molecule has 1 aliphatic rings. The minimum atomic E-state index is 0. The van der Waals surface area contributed by atoms with Crippen molar-refractivity contribution in [3.63, 3.8) is 0 Å². The minimum absolute atomic E-state index is 0. The van der Waals surface area contributed by atoms with E-state index >= 15 is 0 Å². The predicted octanol–water partition coefficient (Wildman–Crippen LogP) is -0.279. The summed E-state index contributed by atoms with van der Waals surface area (Å²) in [5.74, 6) is 0. The Kier molecular flexibility index (Phi) is 8.51. The highest BCUT2D eigenvalue weighted by atomic mass is 35.5. The van der Waals surface area contributed by atoms with Gasteiger partial charge in [-0.3, -0.25) is 4.98 Å². The average molecular weight is 250 g/mol. The quantitative estimate of drug-likeness (QED) is 0.663. The van der Waals surface area contributed by atoms with Crippen molar-refractivity contribution in [2.75, 3.05) is 0 Å². The third-order valence-electron chi connectivity index (χ3n) is 1.82. The highest BCUT2D eigenvalue weighted by molar-refractivity contribution is 5.61. The summed E-state index contributed by atoms with van der Waals surface area (Å²) in [4.78, 5) is 7.85. The van der Waals surface area contributed by atoms with Gasteiger partial charge in [0.1, 0.15) is 6.20 Å². The first-order valence-corrected chi connectivity index (χ1v) is 5.21. The minimum Gasteiger partial charge on any atom is -1.00 e. The lowest BCUT2D eigenvalue weighted by atomic mass is 10.4. The van der Waals surface area contributed by atoms with Gasteiger partial charge in [-0.05, 0) is 24.6 Å². The van der Waals surface area contributed by atoms with E-state index in [0.717, 1.165) is 12.1 Å². The Morgan fingerprint density at radius 2 is 2.24 bits per heavy atom. The zero-order chi connectivity index (χ0) is 11.6. The summed E-state index contributed by atoms with van der Waals surface area (Å²) >= 11 is 0. The van der Waals surface area contributed by atoms with Crippen molar-refractivity contribution < 1.29 is 17.0 Å². The molecule has 0 aliphatic carbocycles. The van der Waals surface area contributed by atoms with Crippen LogP contribution >= 0.6 is 0 Å². The van der Waals surface area contributed by atoms with Crippen LogP contribution in [0.5, 0.6) is 0 Å². The molecule has 17 heavy (non-hydrogen) atoms. The fraction of sp³-hybridized carbons (Fsp3) is 0.154. The molecule has 0 unspecified atom stereocenters. The summed E-state index contributed by atoms with van der Waals surface area (Å²) in [5.41, 5.74) is 0.924. The lowest BCUT2D eigenvalue weighted by molar-refractivity contribution is -0.304. The number of aliphatic imine (C=N–C) groups is 1. The predicted molar refractivity (Wildman–Crippen MR) is 68.6 cm³/mol. The molecule has 0 atom stereocenters. The van der Waals surface area contributed by atoms with Crippen molar-refractivity contribution in [2.24, 2.45) is 4.99 Å². The summed E-state index contributed by atoms with van der Waals surface area (Å²) in [6, 6.07) is 5.73.